The molecule has 1 aliphatic heterocycles. The molecule has 2 heterocycles. The lowest BCUT2D eigenvalue weighted by Crippen LogP contribution is -1.97. The molecule has 0 fully saturated rings. The van der Waals surface area contributed by atoms with Gasteiger partial charge in [0.2, 0.25) is 0 Å². The quantitative estimate of drug-likeness (QED) is 0.219. The van der Waals surface area contributed by atoms with Crippen LogP contribution in [0.4, 0.5) is 0 Å². The van der Waals surface area contributed by atoms with Gasteiger partial charge in [0.05, 0.1) is 11.0 Å². The molecule has 0 amide bonds. The van der Waals surface area contributed by atoms with E-state index in [1.807, 2.05) is 12.1 Å². The summed E-state index contributed by atoms with van der Waals surface area (Å²) in [5.74, 6) is 1.83. The number of nitrogens with zero attached hydrogens (tertiary/aromatic N) is 1. The molecule has 9 rings (SSSR count). The molecule has 0 saturated heterocycles. The van der Waals surface area contributed by atoms with Crippen molar-refractivity contribution >= 4 is 32.6 Å². The van der Waals surface area contributed by atoms with Gasteiger partial charge >= 0.3 is 0 Å². The van der Waals surface area contributed by atoms with E-state index < -0.39 is 0 Å². The highest BCUT2D eigenvalue weighted by atomic mass is 16.5. The van der Waals surface area contributed by atoms with Crippen LogP contribution in [0.25, 0.3) is 71.6 Å². The van der Waals surface area contributed by atoms with Gasteiger partial charge in [-0.2, -0.15) is 0 Å². The molecule has 7 aromatic carbocycles. The minimum absolute atomic E-state index is 0.914. The minimum atomic E-state index is 0.914. The molecule has 2 nitrogen and oxygen atoms in total. The van der Waals surface area contributed by atoms with Crippen LogP contribution in [0.15, 0.2) is 152 Å². The number of hydrogen-bond donors (Lipinski definition) is 0. The second-order valence-corrected chi connectivity index (χ2v) is 10.9. The van der Waals surface area contributed by atoms with Crippen molar-refractivity contribution in [3.05, 3.63) is 152 Å². The molecule has 8 aromatic rings. The first kappa shape index (κ1) is 23.1. The molecule has 2 heteroatoms. The molecule has 0 atom stereocenters. The maximum Gasteiger partial charge on any atom is 0.135 e. The van der Waals surface area contributed by atoms with Gasteiger partial charge in [0.25, 0.3) is 0 Å². The Balaban J connectivity index is 1.21. The number of aromatic nitrogens is 1. The van der Waals surface area contributed by atoms with Crippen molar-refractivity contribution in [2.24, 2.45) is 0 Å². The second kappa shape index (κ2) is 8.95. The van der Waals surface area contributed by atoms with Gasteiger partial charge in [0, 0.05) is 33.0 Å². The van der Waals surface area contributed by atoms with Crippen LogP contribution in [-0.2, 0) is 0 Å². The SMILES string of the molecule is c1ccc(-n2c3ccccc3c3cccc(-c4ccc(-c5ccc6c7c(cccc57)-c5ccccc5O6)cc4)c32)cc1. The number of para-hydroxylation sites is 4. The summed E-state index contributed by atoms with van der Waals surface area (Å²) < 4.78 is 8.73. The lowest BCUT2D eigenvalue weighted by Gasteiger charge is -2.22. The zero-order chi connectivity index (χ0) is 27.6. The van der Waals surface area contributed by atoms with Crippen molar-refractivity contribution in [1.29, 1.82) is 0 Å². The average molecular weight is 536 g/mol. The highest BCUT2D eigenvalue weighted by Gasteiger charge is 2.21. The highest BCUT2D eigenvalue weighted by molar-refractivity contribution is 6.14. The fourth-order valence-corrected chi connectivity index (χ4v) is 6.76. The molecule has 0 radical (unpaired) electrons. The van der Waals surface area contributed by atoms with Gasteiger partial charge < -0.3 is 9.30 Å². The molecular weight excluding hydrogens is 510 g/mol. The zero-order valence-electron chi connectivity index (χ0n) is 22.8. The van der Waals surface area contributed by atoms with E-state index in [1.54, 1.807) is 0 Å². The number of rotatable bonds is 3. The van der Waals surface area contributed by atoms with Gasteiger partial charge in [-0.25, -0.2) is 0 Å². The first-order valence-electron chi connectivity index (χ1n) is 14.4. The Kier molecular flexibility index (Phi) is 4.93. The molecule has 42 heavy (non-hydrogen) atoms. The van der Waals surface area contributed by atoms with E-state index in [0.717, 1.165) is 17.1 Å². The van der Waals surface area contributed by atoms with Gasteiger partial charge in [-0.05, 0) is 58.0 Å². The maximum atomic E-state index is 6.33. The van der Waals surface area contributed by atoms with Crippen LogP contribution in [-0.4, -0.2) is 4.57 Å². The van der Waals surface area contributed by atoms with Crippen molar-refractivity contribution in [3.8, 4) is 50.6 Å². The van der Waals surface area contributed by atoms with Gasteiger partial charge in [-0.3, -0.25) is 0 Å². The van der Waals surface area contributed by atoms with Crippen LogP contribution in [0, 0.1) is 0 Å². The predicted molar refractivity (Wildman–Crippen MR) is 175 cm³/mol. The van der Waals surface area contributed by atoms with Crippen molar-refractivity contribution in [2.75, 3.05) is 0 Å². The number of benzene rings is 7. The first-order valence-corrected chi connectivity index (χ1v) is 14.4. The third kappa shape index (κ3) is 3.33. The standard InChI is InChI=1S/C40H25NO/c1-2-10-28(11-3-1)41-36-18-6-4-12-31(36)35-17-8-14-30(40(35)41)27-22-20-26(21-23-27)29-24-25-38-39-33(29)15-9-16-34(39)32-13-5-7-19-37(32)42-38/h1-25H. The zero-order valence-corrected chi connectivity index (χ0v) is 22.8. The summed E-state index contributed by atoms with van der Waals surface area (Å²) in [6.07, 6.45) is 0. The van der Waals surface area contributed by atoms with E-state index in [0.29, 0.717) is 0 Å². The lowest BCUT2D eigenvalue weighted by molar-refractivity contribution is 0.487. The molecule has 1 aromatic heterocycles. The Labute approximate surface area is 243 Å². The monoisotopic (exact) mass is 535 g/mol. The molecule has 0 spiro atoms. The van der Waals surface area contributed by atoms with E-state index in [-0.39, 0.29) is 0 Å². The average Bonchev–Trinajstić information content (AvgIpc) is 3.40. The van der Waals surface area contributed by atoms with E-state index >= 15 is 0 Å². The van der Waals surface area contributed by atoms with E-state index in [9.17, 15) is 0 Å². The maximum absolute atomic E-state index is 6.33. The van der Waals surface area contributed by atoms with Gasteiger partial charge in [-0.1, -0.05) is 121 Å². The molecule has 1 aliphatic rings. The van der Waals surface area contributed by atoms with Crippen molar-refractivity contribution in [2.45, 2.75) is 0 Å². The van der Waals surface area contributed by atoms with Crippen molar-refractivity contribution in [3.63, 3.8) is 0 Å². The Bertz CT molecular complexity index is 2310. The largest absolute Gasteiger partial charge is 0.456 e. The topological polar surface area (TPSA) is 14.2 Å². The lowest BCUT2D eigenvalue weighted by atomic mass is 9.90. The van der Waals surface area contributed by atoms with Gasteiger partial charge in [0.15, 0.2) is 0 Å². The summed E-state index contributed by atoms with van der Waals surface area (Å²) in [5.41, 5.74) is 10.8. The summed E-state index contributed by atoms with van der Waals surface area (Å²) in [6.45, 7) is 0. The Morgan fingerprint density at radius 3 is 1.88 bits per heavy atom. The molecule has 0 N–H and O–H groups in total. The smallest absolute Gasteiger partial charge is 0.135 e. The van der Waals surface area contributed by atoms with E-state index in [2.05, 4.69) is 144 Å². The predicted octanol–water partition coefficient (Wildman–Crippen LogP) is 11.0. The molecule has 0 aliphatic carbocycles. The van der Waals surface area contributed by atoms with Gasteiger partial charge in [-0.15, -0.1) is 0 Å². The van der Waals surface area contributed by atoms with Crippen LogP contribution in [0.2, 0.25) is 0 Å². The molecular formula is C40H25NO. The Morgan fingerprint density at radius 1 is 0.381 bits per heavy atom. The fourth-order valence-electron chi connectivity index (χ4n) is 6.76. The van der Waals surface area contributed by atoms with E-state index in [4.69, 9.17) is 4.74 Å². The van der Waals surface area contributed by atoms with E-state index in [1.165, 1.54) is 66.1 Å². The van der Waals surface area contributed by atoms with Crippen LogP contribution < -0.4 is 4.74 Å². The highest BCUT2D eigenvalue weighted by Crippen LogP contribution is 2.48. The third-order valence-electron chi connectivity index (χ3n) is 8.62. The van der Waals surface area contributed by atoms with Crippen LogP contribution >= 0.6 is 0 Å². The van der Waals surface area contributed by atoms with Gasteiger partial charge in [0.1, 0.15) is 11.5 Å². The van der Waals surface area contributed by atoms with Crippen molar-refractivity contribution in [1.82, 2.24) is 4.57 Å². The Morgan fingerprint density at radius 2 is 1.02 bits per heavy atom. The van der Waals surface area contributed by atoms with Crippen molar-refractivity contribution < 1.29 is 4.74 Å². The van der Waals surface area contributed by atoms with Crippen LogP contribution in [0.3, 0.4) is 0 Å². The summed E-state index contributed by atoms with van der Waals surface area (Å²) >= 11 is 0. The first-order chi connectivity index (χ1) is 20.8. The summed E-state index contributed by atoms with van der Waals surface area (Å²) in [5, 5.41) is 4.91. The summed E-state index contributed by atoms with van der Waals surface area (Å²) in [4.78, 5) is 0. The fraction of sp³-hybridized carbons (Fsp3) is 0. The molecule has 0 unspecified atom stereocenters. The molecule has 196 valence electrons. The number of fused-ring (bicyclic) bond motifs is 5. The number of hydrogen-bond acceptors (Lipinski definition) is 1. The second-order valence-electron chi connectivity index (χ2n) is 10.9. The minimum Gasteiger partial charge on any atom is -0.456 e. The third-order valence-corrected chi connectivity index (χ3v) is 8.62. The number of ether oxygens (including phenoxy) is 1. The van der Waals surface area contributed by atoms with Crippen LogP contribution in [0.5, 0.6) is 11.5 Å². The summed E-state index contributed by atoms with van der Waals surface area (Å²) in [6, 6.07) is 54.2. The molecule has 0 bridgehead atoms. The Hall–Kier alpha value is -5.60. The summed E-state index contributed by atoms with van der Waals surface area (Å²) in [7, 11) is 0. The van der Waals surface area contributed by atoms with Crippen LogP contribution in [0.1, 0.15) is 0 Å². The molecule has 0 saturated carbocycles. The normalized spacial score (nSPS) is 12.0.